The lowest BCUT2D eigenvalue weighted by molar-refractivity contribution is -0.136. The summed E-state index contributed by atoms with van der Waals surface area (Å²) in [5.41, 5.74) is 1.21. The van der Waals surface area contributed by atoms with Crippen molar-refractivity contribution in [1.82, 2.24) is 10.2 Å². The Labute approximate surface area is 114 Å². The van der Waals surface area contributed by atoms with E-state index in [1.165, 1.54) is 5.56 Å². The maximum Gasteiger partial charge on any atom is 0.228 e. The fraction of sp³-hybridized carbons (Fsp3) is 0.533. The standard InChI is InChI=1S/C15H22N2O2/c1-12-3-5-14(6-4-12)19-11-13(2)15(18)17-9-7-16-8-10-17/h3-6,13,16H,7-11H2,1-2H3. The fourth-order valence-electron chi connectivity index (χ4n) is 2.12. The molecule has 1 unspecified atom stereocenters. The topological polar surface area (TPSA) is 41.6 Å². The summed E-state index contributed by atoms with van der Waals surface area (Å²) in [7, 11) is 0. The van der Waals surface area contributed by atoms with E-state index in [0.717, 1.165) is 31.9 Å². The van der Waals surface area contributed by atoms with Crippen LogP contribution in [0.5, 0.6) is 5.75 Å². The van der Waals surface area contributed by atoms with Crippen LogP contribution in [0.2, 0.25) is 0 Å². The highest BCUT2D eigenvalue weighted by Gasteiger charge is 2.22. The number of carbonyl (C=O) groups excluding carboxylic acids is 1. The molecular formula is C15H22N2O2. The van der Waals surface area contributed by atoms with Gasteiger partial charge in [-0.3, -0.25) is 4.79 Å². The van der Waals surface area contributed by atoms with E-state index in [4.69, 9.17) is 4.74 Å². The third-order valence-corrected chi connectivity index (χ3v) is 3.37. The lowest BCUT2D eigenvalue weighted by Crippen LogP contribution is -2.48. The van der Waals surface area contributed by atoms with E-state index in [9.17, 15) is 4.79 Å². The van der Waals surface area contributed by atoms with Gasteiger partial charge in [-0.05, 0) is 19.1 Å². The molecule has 1 atom stereocenters. The molecule has 104 valence electrons. The van der Waals surface area contributed by atoms with Crippen molar-refractivity contribution in [2.75, 3.05) is 32.8 Å². The van der Waals surface area contributed by atoms with Gasteiger partial charge < -0.3 is 15.0 Å². The summed E-state index contributed by atoms with van der Waals surface area (Å²) < 4.78 is 5.67. The Morgan fingerprint density at radius 1 is 1.32 bits per heavy atom. The number of nitrogens with zero attached hydrogens (tertiary/aromatic N) is 1. The Bertz CT molecular complexity index is 411. The van der Waals surface area contributed by atoms with Gasteiger partial charge in [-0.1, -0.05) is 24.6 Å². The van der Waals surface area contributed by atoms with Gasteiger partial charge >= 0.3 is 0 Å². The minimum absolute atomic E-state index is 0.0978. The molecule has 2 rings (SSSR count). The summed E-state index contributed by atoms with van der Waals surface area (Å²) in [5.74, 6) is 0.915. The highest BCUT2D eigenvalue weighted by atomic mass is 16.5. The SMILES string of the molecule is Cc1ccc(OCC(C)C(=O)N2CCNCC2)cc1. The molecule has 0 radical (unpaired) electrons. The highest BCUT2D eigenvalue weighted by molar-refractivity contribution is 5.78. The van der Waals surface area contributed by atoms with Gasteiger partial charge in [0.05, 0.1) is 12.5 Å². The number of hydrogen-bond acceptors (Lipinski definition) is 3. The normalized spacial score (nSPS) is 17.1. The number of hydrogen-bond donors (Lipinski definition) is 1. The van der Waals surface area contributed by atoms with Crippen LogP contribution < -0.4 is 10.1 Å². The van der Waals surface area contributed by atoms with E-state index in [1.54, 1.807) is 0 Å². The fourth-order valence-corrected chi connectivity index (χ4v) is 2.12. The second kappa shape index (κ2) is 6.57. The van der Waals surface area contributed by atoms with Crippen LogP contribution >= 0.6 is 0 Å². The third-order valence-electron chi connectivity index (χ3n) is 3.37. The molecular weight excluding hydrogens is 240 g/mol. The van der Waals surface area contributed by atoms with Crippen LogP contribution in [-0.4, -0.2) is 43.6 Å². The lowest BCUT2D eigenvalue weighted by Gasteiger charge is -2.29. The van der Waals surface area contributed by atoms with Gasteiger partial charge in [0.25, 0.3) is 0 Å². The van der Waals surface area contributed by atoms with Crippen LogP contribution in [0.3, 0.4) is 0 Å². The first-order chi connectivity index (χ1) is 9.16. The quantitative estimate of drug-likeness (QED) is 0.893. The zero-order chi connectivity index (χ0) is 13.7. The summed E-state index contributed by atoms with van der Waals surface area (Å²) in [5, 5.41) is 3.25. The van der Waals surface area contributed by atoms with Crippen LogP contribution in [0.25, 0.3) is 0 Å². The molecule has 1 amide bonds. The number of ether oxygens (including phenoxy) is 1. The highest BCUT2D eigenvalue weighted by Crippen LogP contribution is 2.13. The molecule has 1 fully saturated rings. The smallest absolute Gasteiger partial charge is 0.228 e. The molecule has 19 heavy (non-hydrogen) atoms. The van der Waals surface area contributed by atoms with Crippen molar-refractivity contribution in [1.29, 1.82) is 0 Å². The second-order valence-corrected chi connectivity index (χ2v) is 5.10. The van der Waals surface area contributed by atoms with Crippen molar-refractivity contribution < 1.29 is 9.53 Å². The molecule has 0 saturated carbocycles. The van der Waals surface area contributed by atoms with Crippen LogP contribution in [0.1, 0.15) is 12.5 Å². The minimum Gasteiger partial charge on any atom is -0.493 e. The summed E-state index contributed by atoms with van der Waals surface area (Å²) in [6, 6.07) is 7.91. The molecule has 4 nitrogen and oxygen atoms in total. The molecule has 1 heterocycles. The first-order valence-electron chi connectivity index (χ1n) is 6.86. The van der Waals surface area contributed by atoms with Gasteiger partial charge in [0.15, 0.2) is 0 Å². The maximum atomic E-state index is 12.2. The summed E-state index contributed by atoms with van der Waals surface area (Å²) in [4.78, 5) is 14.1. The molecule has 1 aliphatic heterocycles. The maximum absolute atomic E-state index is 12.2. The summed E-state index contributed by atoms with van der Waals surface area (Å²) in [6.45, 7) is 7.78. The predicted molar refractivity (Wildman–Crippen MR) is 75.3 cm³/mol. The van der Waals surface area contributed by atoms with Gasteiger partial charge in [0.2, 0.25) is 5.91 Å². The molecule has 0 bridgehead atoms. The Kier molecular flexibility index (Phi) is 4.80. The number of aryl methyl sites for hydroxylation is 1. The molecule has 0 spiro atoms. The van der Waals surface area contributed by atoms with E-state index < -0.39 is 0 Å². The Balaban J connectivity index is 1.81. The van der Waals surface area contributed by atoms with Crippen molar-refractivity contribution in [3.63, 3.8) is 0 Å². The van der Waals surface area contributed by atoms with Gasteiger partial charge in [-0.15, -0.1) is 0 Å². The van der Waals surface area contributed by atoms with Gasteiger partial charge in [0, 0.05) is 26.2 Å². The average Bonchev–Trinajstić information content (AvgIpc) is 2.46. The monoisotopic (exact) mass is 262 g/mol. The van der Waals surface area contributed by atoms with E-state index in [-0.39, 0.29) is 11.8 Å². The van der Waals surface area contributed by atoms with Crippen molar-refractivity contribution in [2.45, 2.75) is 13.8 Å². The van der Waals surface area contributed by atoms with Crippen molar-refractivity contribution in [2.24, 2.45) is 5.92 Å². The van der Waals surface area contributed by atoms with Crippen molar-refractivity contribution in [3.8, 4) is 5.75 Å². The molecule has 4 heteroatoms. The van der Waals surface area contributed by atoms with E-state index >= 15 is 0 Å². The number of carbonyl (C=O) groups is 1. The predicted octanol–water partition coefficient (Wildman–Crippen LogP) is 1.44. The molecule has 1 saturated heterocycles. The van der Waals surface area contributed by atoms with Crippen molar-refractivity contribution >= 4 is 5.91 Å². The third kappa shape index (κ3) is 3.96. The van der Waals surface area contributed by atoms with E-state index in [1.807, 2.05) is 43.0 Å². The number of benzene rings is 1. The molecule has 1 N–H and O–H groups in total. The molecule has 1 aromatic carbocycles. The zero-order valence-electron chi connectivity index (χ0n) is 11.7. The Morgan fingerprint density at radius 3 is 2.58 bits per heavy atom. The van der Waals surface area contributed by atoms with Gasteiger partial charge in [-0.25, -0.2) is 0 Å². The Morgan fingerprint density at radius 2 is 1.95 bits per heavy atom. The number of rotatable bonds is 4. The van der Waals surface area contributed by atoms with Crippen molar-refractivity contribution in [3.05, 3.63) is 29.8 Å². The number of piperazine rings is 1. The Hall–Kier alpha value is -1.55. The molecule has 1 aliphatic rings. The molecule has 0 aliphatic carbocycles. The van der Waals surface area contributed by atoms with E-state index in [2.05, 4.69) is 5.32 Å². The lowest BCUT2D eigenvalue weighted by atomic mass is 10.1. The zero-order valence-corrected chi connectivity index (χ0v) is 11.7. The second-order valence-electron chi connectivity index (χ2n) is 5.10. The van der Waals surface area contributed by atoms with Crippen LogP contribution in [0, 0.1) is 12.8 Å². The summed E-state index contributed by atoms with van der Waals surface area (Å²) in [6.07, 6.45) is 0. The van der Waals surface area contributed by atoms with Crippen LogP contribution in [-0.2, 0) is 4.79 Å². The van der Waals surface area contributed by atoms with Crippen LogP contribution in [0.4, 0.5) is 0 Å². The first kappa shape index (κ1) is 13.9. The largest absolute Gasteiger partial charge is 0.493 e. The average molecular weight is 262 g/mol. The summed E-state index contributed by atoms with van der Waals surface area (Å²) >= 11 is 0. The van der Waals surface area contributed by atoms with E-state index in [0.29, 0.717) is 6.61 Å². The van der Waals surface area contributed by atoms with Crippen LogP contribution in [0.15, 0.2) is 24.3 Å². The number of nitrogens with one attached hydrogen (secondary N) is 1. The number of amides is 1. The minimum atomic E-state index is -0.0978. The molecule has 1 aromatic rings. The molecule has 0 aromatic heterocycles. The van der Waals surface area contributed by atoms with Gasteiger partial charge in [0.1, 0.15) is 5.75 Å². The van der Waals surface area contributed by atoms with Gasteiger partial charge in [-0.2, -0.15) is 0 Å². The first-order valence-corrected chi connectivity index (χ1v) is 6.86.